The van der Waals surface area contributed by atoms with E-state index in [1.165, 1.54) is 11.1 Å². The Morgan fingerprint density at radius 2 is 2.10 bits per heavy atom. The molecule has 0 aromatic heterocycles. The Balaban J connectivity index is 1.59. The van der Waals surface area contributed by atoms with E-state index in [4.69, 9.17) is 10.5 Å². The second-order valence-electron chi connectivity index (χ2n) is 7.97. The largest absolute Gasteiger partial charge is 0.469 e. The Morgan fingerprint density at radius 1 is 1.32 bits per heavy atom. The van der Waals surface area contributed by atoms with Gasteiger partial charge in [-0.05, 0) is 79.8 Å². The number of rotatable bonds is 5. The lowest BCUT2D eigenvalue weighted by molar-refractivity contribution is 0.0115. The number of hydrogen-bond donors (Lipinski definition) is 2. The van der Waals surface area contributed by atoms with Crippen LogP contribution in [0.25, 0.3) is 0 Å². The Morgan fingerprint density at radius 3 is 2.77 bits per heavy atom. The van der Waals surface area contributed by atoms with E-state index >= 15 is 4.39 Å². The molecule has 6 nitrogen and oxygen atoms in total. The van der Waals surface area contributed by atoms with Crippen molar-refractivity contribution in [2.24, 2.45) is 10.7 Å². The zero-order chi connectivity index (χ0) is 22.0. The molecule has 1 heterocycles. The van der Waals surface area contributed by atoms with Crippen molar-refractivity contribution >= 4 is 17.8 Å². The van der Waals surface area contributed by atoms with Crippen LogP contribution in [0.5, 0.6) is 5.75 Å². The summed E-state index contributed by atoms with van der Waals surface area (Å²) in [6.45, 7) is 1.66. The number of aliphatic hydroxyl groups excluding tert-OH is 1. The molecule has 1 aliphatic carbocycles. The van der Waals surface area contributed by atoms with Crippen LogP contribution < -0.4 is 10.5 Å². The highest BCUT2D eigenvalue weighted by atomic mass is 19.1. The number of ether oxygens (including phenoxy) is 1. The molecule has 2 aromatic carbocycles. The quantitative estimate of drug-likeness (QED) is 0.719. The number of allylic oxidation sites excluding steroid dienone is 1. The summed E-state index contributed by atoms with van der Waals surface area (Å²) in [4.78, 5) is 18.9. The lowest BCUT2D eigenvalue weighted by Crippen LogP contribution is -2.48. The third kappa shape index (κ3) is 4.18. The van der Waals surface area contributed by atoms with Gasteiger partial charge in [-0.1, -0.05) is 12.1 Å². The zero-order valence-electron chi connectivity index (χ0n) is 17.4. The van der Waals surface area contributed by atoms with Crippen molar-refractivity contribution in [1.82, 2.24) is 4.90 Å². The standard InChI is InChI=1S/C24H26FN3O3/c1-15-17(12-16-6-8-18(9-7-16)27-11-3-10-26)13-19-23(22(15)25)31-14-28(24(19)30)20-4-2-5-21(20)29/h3,6-11,13,20-21,29H,2,4-5,12,14,26H2,1H3/t20?,21-/m0/s1. The van der Waals surface area contributed by atoms with Crippen LogP contribution in [0.15, 0.2) is 47.6 Å². The van der Waals surface area contributed by atoms with Gasteiger partial charge in [0.05, 0.1) is 23.4 Å². The average Bonchev–Trinajstić information content (AvgIpc) is 3.19. The number of fused-ring (bicyclic) bond motifs is 1. The van der Waals surface area contributed by atoms with Crippen molar-refractivity contribution in [3.05, 3.63) is 70.7 Å². The fourth-order valence-electron chi connectivity index (χ4n) is 4.24. The van der Waals surface area contributed by atoms with Crippen molar-refractivity contribution in [3.8, 4) is 5.75 Å². The first-order valence-electron chi connectivity index (χ1n) is 10.4. The summed E-state index contributed by atoms with van der Waals surface area (Å²) < 4.78 is 20.7. The van der Waals surface area contributed by atoms with Gasteiger partial charge in [0.25, 0.3) is 5.91 Å². The molecule has 0 saturated heterocycles. The molecule has 4 rings (SSSR count). The van der Waals surface area contributed by atoms with Gasteiger partial charge in [0.1, 0.15) is 0 Å². The topological polar surface area (TPSA) is 88.2 Å². The van der Waals surface area contributed by atoms with Crippen molar-refractivity contribution < 1.29 is 19.0 Å². The summed E-state index contributed by atoms with van der Waals surface area (Å²) in [5, 5.41) is 10.2. The molecule has 2 atom stereocenters. The van der Waals surface area contributed by atoms with E-state index in [2.05, 4.69) is 4.99 Å². The maximum Gasteiger partial charge on any atom is 0.260 e. The van der Waals surface area contributed by atoms with Crippen LogP contribution >= 0.6 is 0 Å². The first-order valence-corrected chi connectivity index (χ1v) is 10.4. The lowest BCUT2D eigenvalue weighted by Gasteiger charge is -2.35. The predicted molar refractivity (Wildman–Crippen MR) is 117 cm³/mol. The van der Waals surface area contributed by atoms with Gasteiger partial charge in [-0.25, -0.2) is 4.39 Å². The maximum absolute atomic E-state index is 15.1. The number of amides is 1. The first kappa shape index (κ1) is 21.1. The highest BCUT2D eigenvalue weighted by molar-refractivity contribution is 5.98. The Bertz CT molecular complexity index is 1030. The molecule has 2 aliphatic rings. The molecule has 1 amide bonds. The average molecular weight is 423 g/mol. The fraction of sp³-hybridized carbons (Fsp3) is 0.333. The van der Waals surface area contributed by atoms with Crippen LogP contribution in [-0.2, 0) is 6.42 Å². The maximum atomic E-state index is 15.1. The molecular weight excluding hydrogens is 397 g/mol. The summed E-state index contributed by atoms with van der Waals surface area (Å²) in [6.07, 6.45) is 6.81. The monoisotopic (exact) mass is 423 g/mol. The number of nitrogens with zero attached hydrogens (tertiary/aromatic N) is 2. The van der Waals surface area contributed by atoms with Crippen molar-refractivity contribution in [2.75, 3.05) is 6.73 Å². The van der Waals surface area contributed by atoms with Crippen LogP contribution in [0.2, 0.25) is 0 Å². The highest BCUT2D eigenvalue weighted by Gasteiger charge is 2.39. The minimum absolute atomic E-state index is 0.00707. The van der Waals surface area contributed by atoms with E-state index in [1.54, 1.807) is 25.3 Å². The van der Waals surface area contributed by atoms with E-state index < -0.39 is 11.9 Å². The van der Waals surface area contributed by atoms with E-state index in [-0.39, 0.29) is 30.0 Å². The SMILES string of the molecule is Cc1c(Cc2ccc(N=CC=CN)cc2)cc2c(c1F)OCN(C1CCC[C@@H]1O)C2=O. The second-order valence-corrected chi connectivity index (χ2v) is 7.97. The van der Waals surface area contributed by atoms with Crippen LogP contribution in [0.3, 0.4) is 0 Å². The van der Waals surface area contributed by atoms with Gasteiger partial charge in [0.15, 0.2) is 18.3 Å². The molecule has 1 unspecified atom stereocenters. The molecule has 1 saturated carbocycles. The van der Waals surface area contributed by atoms with E-state index in [0.29, 0.717) is 18.4 Å². The van der Waals surface area contributed by atoms with Crippen LogP contribution in [0, 0.1) is 12.7 Å². The highest BCUT2D eigenvalue weighted by Crippen LogP contribution is 2.36. The van der Waals surface area contributed by atoms with E-state index in [1.807, 2.05) is 24.3 Å². The summed E-state index contributed by atoms with van der Waals surface area (Å²) in [6, 6.07) is 9.04. The number of benzene rings is 2. The van der Waals surface area contributed by atoms with Gasteiger partial charge in [0.2, 0.25) is 0 Å². The smallest absolute Gasteiger partial charge is 0.260 e. The molecule has 1 aliphatic heterocycles. The molecule has 7 heteroatoms. The van der Waals surface area contributed by atoms with Crippen molar-refractivity contribution in [2.45, 2.75) is 44.8 Å². The summed E-state index contributed by atoms with van der Waals surface area (Å²) >= 11 is 0. The zero-order valence-corrected chi connectivity index (χ0v) is 17.4. The molecule has 162 valence electrons. The Kier molecular flexibility index (Phi) is 6.04. The van der Waals surface area contributed by atoms with Crippen molar-refractivity contribution in [1.29, 1.82) is 0 Å². The summed E-state index contributed by atoms with van der Waals surface area (Å²) in [5.74, 6) is -0.778. The summed E-state index contributed by atoms with van der Waals surface area (Å²) in [7, 11) is 0. The second kappa shape index (κ2) is 8.89. The third-order valence-electron chi connectivity index (χ3n) is 6.01. The number of carbonyl (C=O) groups excluding carboxylic acids is 1. The normalized spacial score (nSPS) is 21.1. The van der Waals surface area contributed by atoms with E-state index in [9.17, 15) is 9.90 Å². The minimum atomic E-state index is -0.564. The van der Waals surface area contributed by atoms with Crippen LogP contribution in [0.1, 0.15) is 46.3 Å². The van der Waals surface area contributed by atoms with Gasteiger partial charge in [-0.15, -0.1) is 0 Å². The number of nitrogens with two attached hydrogens (primary N) is 1. The number of aliphatic imine (C=N–C) groups is 1. The molecule has 0 bridgehead atoms. The Labute approximate surface area is 180 Å². The minimum Gasteiger partial charge on any atom is -0.469 e. The summed E-state index contributed by atoms with van der Waals surface area (Å²) in [5.41, 5.74) is 8.46. The van der Waals surface area contributed by atoms with Gasteiger partial charge >= 0.3 is 0 Å². The van der Waals surface area contributed by atoms with Crippen molar-refractivity contribution in [3.63, 3.8) is 0 Å². The fourth-order valence-corrected chi connectivity index (χ4v) is 4.24. The number of carbonyl (C=O) groups is 1. The molecular formula is C24H26FN3O3. The molecule has 0 radical (unpaired) electrons. The molecule has 1 fully saturated rings. The van der Waals surface area contributed by atoms with Gasteiger partial charge in [-0.2, -0.15) is 0 Å². The predicted octanol–water partition coefficient (Wildman–Crippen LogP) is 3.61. The third-order valence-corrected chi connectivity index (χ3v) is 6.01. The number of hydrogen-bond acceptors (Lipinski definition) is 5. The molecule has 3 N–H and O–H groups in total. The van der Waals surface area contributed by atoms with E-state index in [0.717, 1.165) is 29.7 Å². The van der Waals surface area contributed by atoms with Gasteiger partial charge < -0.3 is 15.6 Å². The van der Waals surface area contributed by atoms with Crippen LogP contribution in [-0.4, -0.2) is 41.0 Å². The first-order chi connectivity index (χ1) is 15.0. The number of aliphatic hydroxyl groups is 1. The molecule has 2 aromatic rings. The van der Waals surface area contributed by atoms with Crippen LogP contribution in [0.4, 0.5) is 10.1 Å². The lowest BCUT2D eigenvalue weighted by atomic mass is 9.95. The number of halogens is 1. The Hall–Kier alpha value is -3.19. The van der Waals surface area contributed by atoms with Gasteiger partial charge in [0, 0.05) is 6.21 Å². The van der Waals surface area contributed by atoms with Gasteiger partial charge in [-0.3, -0.25) is 14.7 Å². The molecule has 0 spiro atoms. The molecule has 31 heavy (non-hydrogen) atoms.